The zero-order valence-electron chi connectivity index (χ0n) is 11.1. The van der Waals surface area contributed by atoms with Gasteiger partial charge in [0.05, 0.1) is 6.10 Å². The van der Waals surface area contributed by atoms with Gasteiger partial charge in [0, 0.05) is 29.3 Å². The number of nitrogens with zero attached hydrogens (tertiary/aromatic N) is 2. The average molecular weight is 245 g/mol. The largest absolute Gasteiger partial charge is 0.388 e. The van der Waals surface area contributed by atoms with Crippen LogP contribution in [0.15, 0.2) is 18.5 Å². The minimum absolute atomic E-state index is 0.127. The van der Waals surface area contributed by atoms with Crippen molar-refractivity contribution in [2.45, 2.75) is 39.7 Å². The first-order valence-electron chi connectivity index (χ1n) is 6.37. The van der Waals surface area contributed by atoms with E-state index in [-0.39, 0.29) is 11.5 Å². The summed E-state index contributed by atoms with van der Waals surface area (Å²) >= 11 is 0. The van der Waals surface area contributed by atoms with E-state index < -0.39 is 0 Å². The second-order valence-corrected chi connectivity index (χ2v) is 6.00. The van der Waals surface area contributed by atoms with Crippen LogP contribution >= 0.6 is 0 Å². The summed E-state index contributed by atoms with van der Waals surface area (Å²) in [5.41, 5.74) is 3.49. The number of fused-ring (bicyclic) bond motifs is 1. The van der Waals surface area contributed by atoms with Crippen molar-refractivity contribution in [3.05, 3.63) is 35.4 Å². The van der Waals surface area contributed by atoms with Crippen LogP contribution in [-0.2, 0) is 6.42 Å². The second kappa shape index (κ2) is 3.72. The molecule has 2 aromatic rings. The van der Waals surface area contributed by atoms with E-state index in [1.54, 1.807) is 6.20 Å². The average Bonchev–Trinajstić information content (AvgIpc) is 2.83. The number of H-pyrrole nitrogens is 1. The highest BCUT2D eigenvalue weighted by Crippen LogP contribution is 2.42. The first-order valence-corrected chi connectivity index (χ1v) is 6.37. The predicted octanol–water partition coefficient (Wildman–Crippen LogP) is 2.51. The van der Waals surface area contributed by atoms with Crippen molar-refractivity contribution >= 4 is 0 Å². The number of aromatic amines is 1. The minimum Gasteiger partial charge on any atom is -0.388 e. The Balaban J connectivity index is 2.18. The molecule has 1 aliphatic rings. The van der Waals surface area contributed by atoms with Gasteiger partial charge in [-0.2, -0.15) is 0 Å². The van der Waals surface area contributed by atoms with Gasteiger partial charge >= 0.3 is 0 Å². The summed E-state index contributed by atoms with van der Waals surface area (Å²) < 4.78 is 2.12. The van der Waals surface area contributed by atoms with Gasteiger partial charge in [0.1, 0.15) is 0 Å². The molecule has 4 nitrogen and oxygen atoms in total. The lowest BCUT2D eigenvalue weighted by atomic mass is 9.75. The summed E-state index contributed by atoms with van der Waals surface area (Å²) in [4.78, 5) is 7.47. The summed E-state index contributed by atoms with van der Waals surface area (Å²) in [7, 11) is 0. The van der Waals surface area contributed by atoms with Gasteiger partial charge in [0.15, 0.2) is 0 Å². The summed E-state index contributed by atoms with van der Waals surface area (Å²) in [5, 5.41) is 10.3. The predicted molar refractivity (Wildman–Crippen MR) is 69.7 cm³/mol. The highest BCUT2D eigenvalue weighted by Gasteiger charge is 2.34. The van der Waals surface area contributed by atoms with E-state index in [0.29, 0.717) is 0 Å². The molecule has 0 fully saturated rings. The number of aliphatic hydroxyl groups excluding tert-OH is 1. The number of aryl methyl sites for hydroxylation is 1. The summed E-state index contributed by atoms with van der Waals surface area (Å²) in [6, 6.07) is 2.08. The maximum absolute atomic E-state index is 10.3. The molecule has 0 saturated heterocycles. The molecule has 0 saturated carbocycles. The third kappa shape index (κ3) is 1.68. The smallest absolute Gasteiger partial charge is 0.211 e. The normalized spacial score (nSPS) is 21.9. The Labute approximate surface area is 107 Å². The first-order chi connectivity index (χ1) is 8.48. The zero-order chi connectivity index (χ0) is 12.9. The van der Waals surface area contributed by atoms with Gasteiger partial charge < -0.3 is 10.1 Å². The Bertz CT molecular complexity index is 566. The molecule has 0 aliphatic heterocycles. The van der Waals surface area contributed by atoms with Crippen LogP contribution in [0.5, 0.6) is 0 Å². The Morgan fingerprint density at radius 3 is 2.94 bits per heavy atom. The van der Waals surface area contributed by atoms with Crippen molar-refractivity contribution in [2.24, 2.45) is 5.41 Å². The van der Waals surface area contributed by atoms with E-state index in [2.05, 4.69) is 41.4 Å². The van der Waals surface area contributed by atoms with E-state index in [4.69, 9.17) is 0 Å². The lowest BCUT2D eigenvalue weighted by molar-refractivity contribution is 0.0986. The van der Waals surface area contributed by atoms with Crippen molar-refractivity contribution in [3.63, 3.8) is 0 Å². The number of nitrogens with one attached hydrogen (secondary N) is 1. The number of aliphatic hydroxyl groups is 1. The van der Waals surface area contributed by atoms with Gasteiger partial charge in [0.25, 0.3) is 0 Å². The van der Waals surface area contributed by atoms with Gasteiger partial charge in [-0.15, -0.1) is 0 Å². The minimum atomic E-state index is -0.362. The highest BCUT2D eigenvalue weighted by molar-refractivity contribution is 5.38. The van der Waals surface area contributed by atoms with E-state index in [0.717, 1.165) is 30.0 Å². The van der Waals surface area contributed by atoms with Gasteiger partial charge in [-0.3, -0.25) is 4.57 Å². The first kappa shape index (κ1) is 11.5. The lowest BCUT2D eigenvalue weighted by Crippen LogP contribution is -2.26. The van der Waals surface area contributed by atoms with Gasteiger partial charge in [-0.05, 0) is 31.2 Å². The van der Waals surface area contributed by atoms with Crippen LogP contribution in [0.3, 0.4) is 0 Å². The monoisotopic (exact) mass is 245 g/mol. The number of aromatic nitrogens is 3. The Kier molecular flexibility index (Phi) is 2.38. The van der Waals surface area contributed by atoms with Crippen molar-refractivity contribution in [1.29, 1.82) is 0 Å². The number of imidazole rings is 1. The molecule has 18 heavy (non-hydrogen) atoms. The van der Waals surface area contributed by atoms with Gasteiger partial charge in [-0.25, -0.2) is 4.98 Å². The Morgan fingerprint density at radius 1 is 1.50 bits per heavy atom. The molecule has 2 N–H and O–H groups in total. The molecule has 96 valence electrons. The van der Waals surface area contributed by atoms with E-state index in [9.17, 15) is 5.11 Å². The number of rotatable bonds is 1. The van der Waals surface area contributed by atoms with Gasteiger partial charge in [0.2, 0.25) is 5.95 Å². The molecule has 0 radical (unpaired) electrons. The standard InChI is InChI=1S/C14H19N3O/c1-9-6-10-11(7-14(2,3)8-12(10)18)17(9)13-15-4-5-16-13/h4-6,12,18H,7-8H2,1-3H3,(H,15,16). The molecular formula is C14H19N3O. The van der Waals surface area contributed by atoms with Crippen LogP contribution in [0.1, 0.15) is 43.3 Å². The third-order valence-corrected chi connectivity index (χ3v) is 3.77. The van der Waals surface area contributed by atoms with Crippen LogP contribution in [-0.4, -0.2) is 19.6 Å². The fourth-order valence-corrected chi connectivity index (χ4v) is 3.02. The molecule has 1 atom stereocenters. The molecule has 1 unspecified atom stereocenters. The molecule has 3 rings (SSSR count). The SMILES string of the molecule is Cc1cc2c(n1-c1ncc[nH]1)CC(C)(C)CC2O. The molecule has 2 aromatic heterocycles. The zero-order valence-corrected chi connectivity index (χ0v) is 11.1. The molecular weight excluding hydrogens is 226 g/mol. The van der Waals surface area contributed by atoms with Crippen LogP contribution in [0.2, 0.25) is 0 Å². The maximum atomic E-state index is 10.3. The van der Waals surface area contributed by atoms with Crippen LogP contribution in [0, 0.1) is 12.3 Å². The molecule has 4 heteroatoms. The van der Waals surface area contributed by atoms with Crippen LogP contribution in [0.4, 0.5) is 0 Å². The lowest BCUT2D eigenvalue weighted by Gasteiger charge is -2.33. The molecule has 0 amide bonds. The molecule has 1 aliphatic carbocycles. The molecule has 0 aromatic carbocycles. The van der Waals surface area contributed by atoms with Crippen molar-refractivity contribution in [1.82, 2.24) is 14.5 Å². The Morgan fingerprint density at radius 2 is 2.28 bits per heavy atom. The van der Waals surface area contributed by atoms with E-state index >= 15 is 0 Å². The summed E-state index contributed by atoms with van der Waals surface area (Å²) in [6.07, 6.45) is 5.01. The third-order valence-electron chi connectivity index (χ3n) is 3.77. The molecule has 0 bridgehead atoms. The number of hydrogen-bond acceptors (Lipinski definition) is 2. The molecule has 2 heterocycles. The maximum Gasteiger partial charge on any atom is 0.211 e. The second-order valence-electron chi connectivity index (χ2n) is 6.00. The van der Waals surface area contributed by atoms with E-state index in [1.165, 1.54) is 5.69 Å². The topological polar surface area (TPSA) is 53.8 Å². The van der Waals surface area contributed by atoms with Crippen molar-refractivity contribution in [2.75, 3.05) is 0 Å². The van der Waals surface area contributed by atoms with Crippen LogP contribution < -0.4 is 0 Å². The summed E-state index contributed by atoms with van der Waals surface area (Å²) in [6.45, 7) is 6.46. The molecule has 0 spiro atoms. The summed E-state index contributed by atoms with van der Waals surface area (Å²) in [5.74, 6) is 0.832. The van der Waals surface area contributed by atoms with Gasteiger partial charge in [-0.1, -0.05) is 13.8 Å². The van der Waals surface area contributed by atoms with Crippen molar-refractivity contribution < 1.29 is 5.11 Å². The number of hydrogen-bond donors (Lipinski definition) is 2. The highest BCUT2D eigenvalue weighted by atomic mass is 16.3. The van der Waals surface area contributed by atoms with E-state index in [1.807, 2.05) is 6.20 Å². The fourth-order valence-electron chi connectivity index (χ4n) is 3.02. The van der Waals surface area contributed by atoms with Crippen LogP contribution in [0.25, 0.3) is 5.95 Å². The fraction of sp³-hybridized carbons (Fsp3) is 0.500. The van der Waals surface area contributed by atoms with Crippen molar-refractivity contribution in [3.8, 4) is 5.95 Å². The quantitative estimate of drug-likeness (QED) is 0.811. The Hall–Kier alpha value is -1.55.